The highest BCUT2D eigenvalue weighted by molar-refractivity contribution is 6.32. The first-order chi connectivity index (χ1) is 14.4. The molecule has 2 amide bonds. The van der Waals surface area contributed by atoms with E-state index in [1.165, 1.54) is 27.2 Å². The molecule has 3 aromatic carbocycles. The zero-order chi connectivity index (χ0) is 20.8. The van der Waals surface area contributed by atoms with Gasteiger partial charge >= 0.3 is 0 Å². The van der Waals surface area contributed by atoms with Crippen molar-refractivity contribution < 1.29 is 9.59 Å². The van der Waals surface area contributed by atoms with E-state index in [1.54, 1.807) is 6.07 Å². The SMILES string of the molecule is Cc1ccc(N2C(=O)[C@H]3C4c5ccccc5C(c5ccccc54)[C@@]3(C)C2=O)cc1Cl. The van der Waals surface area contributed by atoms with Crippen molar-refractivity contribution in [3.8, 4) is 0 Å². The fourth-order valence-electron chi connectivity index (χ4n) is 6.08. The van der Waals surface area contributed by atoms with Crippen LogP contribution in [0.25, 0.3) is 0 Å². The van der Waals surface area contributed by atoms with Crippen LogP contribution in [0.15, 0.2) is 66.7 Å². The lowest BCUT2D eigenvalue weighted by molar-refractivity contribution is -0.128. The number of nitrogens with zero attached hydrogens (tertiary/aromatic N) is 1. The van der Waals surface area contributed by atoms with E-state index in [0.717, 1.165) is 5.56 Å². The Labute approximate surface area is 180 Å². The van der Waals surface area contributed by atoms with Gasteiger partial charge in [-0.05, 0) is 53.8 Å². The Morgan fingerprint density at radius 2 is 1.43 bits per heavy atom. The van der Waals surface area contributed by atoms with Gasteiger partial charge in [-0.3, -0.25) is 9.59 Å². The summed E-state index contributed by atoms with van der Waals surface area (Å²) < 4.78 is 0. The number of aryl methyl sites for hydroxylation is 1. The maximum atomic E-state index is 13.9. The predicted octanol–water partition coefficient (Wildman–Crippen LogP) is 5.44. The first kappa shape index (κ1) is 17.9. The Hall–Kier alpha value is -2.91. The minimum Gasteiger partial charge on any atom is -0.274 e. The van der Waals surface area contributed by atoms with Gasteiger partial charge in [0.05, 0.1) is 17.0 Å². The average molecular weight is 414 g/mol. The minimum absolute atomic E-state index is 0.116. The third-order valence-corrected chi connectivity index (χ3v) is 7.83. The van der Waals surface area contributed by atoms with Crippen LogP contribution >= 0.6 is 11.6 Å². The molecule has 0 spiro atoms. The van der Waals surface area contributed by atoms with Crippen molar-refractivity contribution in [2.75, 3.05) is 4.90 Å². The third kappa shape index (κ3) is 1.96. The predicted molar refractivity (Wildman–Crippen MR) is 117 cm³/mol. The van der Waals surface area contributed by atoms with Gasteiger partial charge in [-0.15, -0.1) is 0 Å². The number of hydrogen-bond acceptors (Lipinski definition) is 2. The van der Waals surface area contributed by atoms with E-state index in [1.807, 2.05) is 50.2 Å². The van der Waals surface area contributed by atoms with Gasteiger partial charge in [0.15, 0.2) is 0 Å². The molecule has 1 fully saturated rings. The number of amides is 2. The number of rotatable bonds is 1. The first-order valence-electron chi connectivity index (χ1n) is 10.3. The molecule has 4 aliphatic rings. The summed E-state index contributed by atoms with van der Waals surface area (Å²) in [6.07, 6.45) is 0. The van der Waals surface area contributed by atoms with Crippen LogP contribution in [0.5, 0.6) is 0 Å². The van der Waals surface area contributed by atoms with Crippen molar-refractivity contribution in [2.45, 2.75) is 25.7 Å². The molecule has 7 rings (SSSR count). The Kier molecular flexibility index (Phi) is 3.48. The Bertz CT molecular complexity index is 1220. The van der Waals surface area contributed by atoms with Crippen LogP contribution in [0.4, 0.5) is 5.69 Å². The molecule has 2 atom stereocenters. The molecule has 0 saturated carbocycles. The molecular formula is C26H20ClNO2. The first-order valence-corrected chi connectivity index (χ1v) is 10.6. The second kappa shape index (κ2) is 5.83. The molecule has 148 valence electrons. The van der Waals surface area contributed by atoms with Crippen LogP contribution in [0.2, 0.25) is 5.02 Å². The van der Waals surface area contributed by atoms with Crippen molar-refractivity contribution in [1.82, 2.24) is 0 Å². The quantitative estimate of drug-likeness (QED) is 0.498. The lowest BCUT2D eigenvalue weighted by Gasteiger charge is -2.51. The molecule has 3 nitrogen and oxygen atoms in total. The molecule has 2 bridgehead atoms. The Morgan fingerprint density at radius 3 is 2.00 bits per heavy atom. The van der Waals surface area contributed by atoms with Gasteiger partial charge in [-0.1, -0.05) is 66.2 Å². The molecule has 0 N–H and O–H groups in total. The fraction of sp³-hybridized carbons (Fsp3) is 0.231. The number of halogens is 1. The van der Waals surface area contributed by atoms with Gasteiger partial charge in [-0.25, -0.2) is 4.90 Å². The topological polar surface area (TPSA) is 37.4 Å². The second-order valence-corrected chi connectivity index (χ2v) is 9.25. The van der Waals surface area contributed by atoms with Crippen LogP contribution < -0.4 is 4.90 Å². The van der Waals surface area contributed by atoms with Crippen molar-refractivity contribution >= 4 is 29.1 Å². The van der Waals surface area contributed by atoms with Gasteiger partial charge in [0.2, 0.25) is 11.8 Å². The molecule has 1 saturated heterocycles. The molecule has 4 heteroatoms. The standard InChI is InChI=1S/C26H20ClNO2/c1-14-11-12-15(13-20(14)27)28-24(29)23-21-16-7-3-5-9-18(16)22(26(23,2)25(28)30)19-10-6-4-8-17(19)21/h3-13,21-23H,1-2H3/t21?,22?,23-,26-/m1/s1. The molecule has 30 heavy (non-hydrogen) atoms. The monoisotopic (exact) mass is 413 g/mol. The van der Waals surface area contributed by atoms with E-state index in [2.05, 4.69) is 24.3 Å². The number of anilines is 1. The molecule has 0 radical (unpaired) electrons. The second-order valence-electron chi connectivity index (χ2n) is 8.84. The highest BCUT2D eigenvalue weighted by atomic mass is 35.5. The minimum atomic E-state index is -0.818. The normalized spacial score (nSPS) is 28.4. The zero-order valence-electron chi connectivity index (χ0n) is 16.7. The number of carbonyl (C=O) groups is 2. The summed E-state index contributed by atoms with van der Waals surface area (Å²) in [5.74, 6) is -0.922. The smallest absolute Gasteiger partial charge is 0.241 e. The van der Waals surface area contributed by atoms with Crippen LogP contribution in [0.3, 0.4) is 0 Å². The van der Waals surface area contributed by atoms with Gasteiger partial charge in [0, 0.05) is 16.9 Å². The van der Waals surface area contributed by atoms with E-state index in [4.69, 9.17) is 11.6 Å². The summed E-state index contributed by atoms with van der Waals surface area (Å²) in [7, 11) is 0. The molecule has 1 heterocycles. The highest BCUT2D eigenvalue weighted by Crippen LogP contribution is 2.67. The van der Waals surface area contributed by atoms with E-state index < -0.39 is 11.3 Å². The summed E-state index contributed by atoms with van der Waals surface area (Å²) in [6.45, 7) is 3.89. The van der Waals surface area contributed by atoms with Crippen LogP contribution in [-0.4, -0.2) is 11.8 Å². The van der Waals surface area contributed by atoms with E-state index in [0.29, 0.717) is 10.7 Å². The third-order valence-electron chi connectivity index (χ3n) is 7.43. The van der Waals surface area contributed by atoms with Gasteiger partial charge < -0.3 is 0 Å². The maximum Gasteiger partial charge on any atom is 0.241 e. The van der Waals surface area contributed by atoms with Crippen molar-refractivity contribution in [1.29, 1.82) is 0 Å². The average Bonchev–Trinajstić information content (AvgIpc) is 2.96. The lowest BCUT2D eigenvalue weighted by Crippen LogP contribution is -2.49. The zero-order valence-corrected chi connectivity index (χ0v) is 17.5. The molecule has 3 aliphatic carbocycles. The van der Waals surface area contributed by atoms with Crippen LogP contribution in [0.1, 0.15) is 46.6 Å². The fourth-order valence-corrected chi connectivity index (χ4v) is 6.26. The highest BCUT2D eigenvalue weighted by Gasteiger charge is 2.68. The molecule has 1 aliphatic heterocycles. The number of imide groups is 1. The molecule has 0 aromatic heterocycles. The van der Waals surface area contributed by atoms with Crippen LogP contribution in [0, 0.1) is 18.3 Å². The van der Waals surface area contributed by atoms with Gasteiger partial charge in [0.25, 0.3) is 0 Å². The summed E-state index contributed by atoms with van der Waals surface area (Å²) in [4.78, 5) is 29.1. The van der Waals surface area contributed by atoms with E-state index in [-0.39, 0.29) is 23.7 Å². The van der Waals surface area contributed by atoms with E-state index >= 15 is 0 Å². The number of carbonyl (C=O) groups excluding carboxylic acids is 2. The van der Waals surface area contributed by atoms with Crippen molar-refractivity contribution in [3.05, 3.63) is 99.6 Å². The Morgan fingerprint density at radius 1 is 0.867 bits per heavy atom. The van der Waals surface area contributed by atoms with Crippen molar-refractivity contribution in [2.24, 2.45) is 11.3 Å². The summed E-state index contributed by atoms with van der Waals surface area (Å²) in [6, 6.07) is 22.0. The maximum absolute atomic E-state index is 13.9. The molecule has 3 aromatic rings. The number of hydrogen-bond donors (Lipinski definition) is 0. The van der Waals surface area contributed by atoms with E-state index in [9.17, 15) is 9.59 Å². The van der Waals surface area contributed by atoms with Gasteiger partial charge in [-0.2, -0.15) is 0 Å². The summed E-state index contributed by atoms with van der Waals surface area (Å²) >= 11 is 6.34. The summed E-state index contributed by atoms with van der Waals surface area (Å²) in [5, 5.41) is 0.558. The Balaban J connectivity index is 1.61. The molecular weight excluding hydrogens is 394 g/mol. The van der Waals surface area contributed by atoms with Crippen LogP contribution in [-0.2, 0) is 9.59 Å². The lowest BCUT2D eigenvalue weighted by atomic mass is 9.48. The van der Waals surface area contributed by atoms with Crippen molar-refractivity contribution in [3.63, 3.8) is 0 Å². The van der Waals surface area contributed by atoms with Gasteiger partial charge in [0.1, 0.15) is 0 Å². The molecule has 0 unspecified atom stereocenters. The number of benzene rings is 3. The summed E-state index contributed by atoms with van der Waals surface area (Å²) in [5.41, 5.74) is 5.35. The largest absolute Gasteiger partial charge is 0.274 e.